The summed E-state index contributed by atoms with van der Waals surface area (Å²) in [5.74, 6) is 0. The molecule has 2 heterocycles. The first-order valence-electron chi connectivity index (χ1n) is 5.55. The number of fused-ring (bicyclic) bond motifs is 1. The van der Waals surface area contributed by atoms with Gasteiger partial charge >= 0.3 is 0 Å². The van der Waals surface area contributed by atoms with E-state index in [0.29, 0.717) is 11.3 Å². The van der Waals surface area contributed by atoms with E-state index in [1.54, 1.807) is 4.57 Å². The second-order valence-electron chi connectivity index (χ2n) is 3.83. The molecular formula is C11H14N2O2S2. The van der Waals surface area contributed by atoms with Crippen LogP contribution in [0.5, 0.6) is 0 Å². The van der Waals surface area contributed by atoms with Gasteiger partial charge in [-0.05, 0) is 42.9 Å². The Balaban J connectivity index is 2.27. The Labute approximate surface area is 108 Å². The SMILES string of the molecule is O=c1c2sccc2[nH]c(=S)n1CCCCCO. The average Bonchev–Trinajstić information content (AvgIpc) is 2.76. The van der Waals surface area contributed by atoms with Crippen molar-refractivity contribution in [1.29, 1.82) is 0 Å². The molecule has 0 aliphatic rings. The predicted octanol–water partition coefficient (Wildman–Crippen LogP) is 2.28. The summed E-state index contributed by atoms with van der Waals surface area (Å²) in [6.45, 7) is 0.813. The van der Waals surface area contributed by atoms with Crippen LogP contribution in [0.2, 0.25) is 0 Å². The van der Waals surface area contributed by atoms with E-state index in [9.17, 15) is 4.79 Å². The van der Waals surface area contributed by atoms with Crippen LogP contribution < -0.4 is 5.56 Å². The van der Waals surface area contributed by atoms with Crippen molar-refractivity contribution in [3.8, 4) is 0 Å². The highest BCUT2D eigenvalue weighted by Crippen LogP contribution is 2.14. The molecule has 2 aromatic rings. The molecule has 0 radical (unpaired) electrons. The first kappa shape index (κ1) is 12.5. The number of nitrogens with zero attached hydrogens (tertiary/aromatic N) is 1. The minimum absolute atomic E-state index is 0.0113. The third-order valence-electron chi connectivity index (χ3n) is 2.63. The van der Waals surface area contributed by atoms with E-state index in [0.717, 1.165) is 29.5 Å². The van der Waals surface area contributed by atoms with Gasteiger partial charge in [0.05, 0.1) is 5.52 Å². The van der Waals surface area contributed by atoms with Gasteiger partial charge in [-0.1, -0.05) is 0 Å². The number of rotatable bonds is 5. The van der Waals surface area contributed by atoms with Crippen molar-refractivity contribution < 1.29 is 5.11 Å². The maximum Gasteiger partial charge on any atom is 0.272 e. The van der Waals surface area contributed by atoms with Crippen LogP contribution in [0.1, 0.15) is 19.3 Å². The lowest BCUT2D eigenvalue weighted by molar-refractivity contribution is 0.281. The van der Waals surface area contributed by atoms with E-state index in [4.69, 9.17) is 17.3 Å². The Morgan fingerprint density at radius 2 is 2.24 bits per heavy atom. The van der Waals surface area contributed by atoms with Crippen LogP contribution in [0.25, 0.3) is 10.2 Å². The number of H-pyrrole nitrogens is 1. The number of thiophene rings is 1. The third-order valence-corrected chi connectivity index (χ3v) is 3.86. The van der Waals surface area contributed by atoms with Gasteiger partial charge in [0, 0.05) is 13.2 Å². The summed E-state index contributed by atoms with van der Waals surface area (Å²) in [4.78, 5) is 15.2. The predicted molar refractivity (Wildman–Crippen MR) is 72.2 cm³/mol. The highest BCUT2D eigenvalue weighted by atomic mass is 32.1. The van der Waals surface area contributed by atoms with Crippen molar-refractivity contribution in [2.24, 2.45) is 0 Å². The molecule has 0 amide bonds. The molecule has 6 heteroatoms. The molecule has 0 fully saturated rings. The molecule has 92 valence electrons. The van der Waals surface area contributed by atoms with Crippen molar-refractivity contribution in [3.05, 3.63) is 26.6 Å². The number of nitrogens with one attached hydrogen (secondary N) is 1. The Morgan fingerprint density at radius 3 is 3.00 bits per heavy atom. The number of unbranched alkanes of at least 4 members (excludes halogenated alkanes) is 2. The van der Waals surface area contributed by atoms with Gasteiger partial charge < -0.3 is 10.1 Å². The van der Waals surface area contributed by atoms with E-state index < -0.39 is 0 Å². The highest BCUT2D eigenvalue weighted by Gasteiger charge is 2.05. The van der Waals surface area contributed by atoms with Gasteiger partial charge in [-0.3, -0.25) is 9.36 Å². The fourth-order valence-corrected chi connectivity index (χ4v) is 2.81. The fourth-order valence-electron chi connectivity index (χ4n) is 1.73. The molecule has 0 saturated carbocycles. The standard InChI is InChI=1S/C11H14N2O2S2/c14-6-3-1-2-5-13-10(15)9-8(4-7-17-9)12-11(13)16/h4,7,14H,1-3,5-6H2,(H,12,16). The van der Waals surface area contributed by atoms with Crippen LogP contribution in [0.15, 0.2) is 16.2 Å². The number of hydrogen-bond donors (Lipinski definition) is 2. The Bertz CT molecular complexity index is 612. The van der Waals surface area contributed by atoms with Crippen molar-refractivity contribution in [3.63, 3.8) is 0 Å². The lowest BCUT2D eigenvalue weighted by Gasteiger charge is -2.05. The number of aliphatic hydroxyl groups is 1. The first-order valence-corrected chi connectivity index (χ1v) is 6.84. The van der Waals surface area contributed by atoms with Crippen LogP contribution in [-0.2, 0) is 6.54 Å². The summed E-state index contributed by atoms with van der Waals surface area (Å²) in [5, 5.41) is 10.6. The van der Waals surface area contributed by atoms with Crippen molar-refractivity contribution in [2.45, 2.75) is 25.8 Å². The molecule has 0 saturated heterocycles. The normalized spacial score (nSPS) is 11.1. The smallest absolute Gasteiger partial charge is 0.272 e. The number of hydrogen-bond acceptors (Lipinski definition) is 4. The zero-order valence-electron chi connectivity index (χ0n) is 9.31. The van der Waals surface area contributed by atoms with E-state index in [1.165, 1.54) is 11.3 Å². The molecule has 0 aliphatic heterocycles. The van der Waals surface area contributed by atoms with Crippen LogP contribution in [0, 0.1) is 4.77 Å². The lowest BCUT2D eigenvalue weighted by Crippen LogP contribution is -2.21. The molecule has 2 aromatic heterocycles. The number of aromatic nitrogens is 2. The van der Waals surface area contributed by atoms with Crippen LogP contribution >= 0.6 is 23.6 Å². The number of aliphatic hydroxyl groups excluding tert-OH is 1. The average molecular weight is 270 g/mol. The summed E-state index contributed by atoms with van der Waals surface area (Å²) >= 11 is 6.60. The molecule has 2 N–H and O–H groups in total. The van der Waals surface area contributed by atoms with E-state index in [2.05, 4.69) is 4.98 Å². The van der Waals surface area contributed by atoms with Crippen LogP contribution in [0.3, 0.4) is 0 Å². The van der Waals surface area contributed by atoms with Gasteiger partial charge in [0.25, 0.3) is 5.56 Å². The molecule has 2 rings (SSSR count). The number of aromatic amines is 1. The minimum Gasteiger partial charge on any atom is -0.396 e. The minimum atomic E-state index is -0.0113. The topological polar surface area (TPSA) is 58.0 Å². The Hall–Kier alpha value is -0.980. The molecule has 0 atom stereocenters. The summed E-state index contributed by atoms with van der Waals surface area (Å²) < 4.78 is 2.80. The van der Waals surface area contributed by atoms with Crippen molar-refractivity contribution >= 4 is 33.8 Å². The summed E-state index contributed by atoms with van der Waals surface area (Å²) in [7, 11) is 0. The van der Waals surface area contributed by atoms with Crippen molar-refractivity contribution in [2.75, 3.05) is 6.61 Å². The zero-order chi connectivity index (χ0) is 12.3. The molecule has 4 nitrogen and oxygen atoms in total. The first-order chi connectivity index (χ1) is 8.24. The third kappa shape index (κ3) is 2.65. The quantitative estimate of drug-likeness (QED) is 0.647. The molecule has 0 aromatic carbocycles. The molecule has 0 unspecified atom stereocenters. The molecule has 17 heavy (non-hydrogen) atoms. The monoisotopic (exact) mass is 270 g/mol. The van der Waals surface area contributed by atoms with E-state index in [1.807, 2.05) is 11.4 Å². The maximum atomic E-state index is 12.1. The lowest BCUT2D eigenvalue weighted by atomic mass is 10.2. The Kier molecular flexibility index (Phi) is 4.09. The Morgan fingerprint density at radius 1 is 1.41 bits per heavy atom. The fraction of sp³-hybridized carbons (Fsp3) is 0.455. The largest absolute Gasteiger partial charge is 0.396 e. The van der Waals surface area contributed by atoms with Crippen LogP contribution in [0.4, 0.5) is 0 Å². The van der Waals surface area contributed by atoms with Gasteiger partial charge in [-0.15, -0.1) is 11.3 Å². The second-order valence-corrected chi connectivity index (χ2v) is 5.14. The zero-order valence-corrected chi connectivity index (χ0v) is 10.9. The van der Waals surface area contributed by atoms with E-state index in [-0.39, 0.29) is 12.2 Å². The molecular weight excluding hydrogens is 256 g/mol. The van der Waals surface area contributed by atoms with Gasteiger partial charge in [0.2, 0.25) is 0 Å². The van der Waals surface area contributed by atoms with Gasteiger partial charge in [-0.2, -0.15) is 0 Å². The maximum absolute atomic E-state index is 12.1. The van der Waals surface area contributed by atoms with Crippen LogP contribution in [-0.4, -0.2) is 21.3 Å². The highest BCUT2D eigenvalue weighted by molar-refractivity contribution is 7.71. The van der Waals surface area contributed by atoms with E-state index >= 15 is 0 Å². The molecule has 0 aliphatic carbocycles. The van der Waals surface area contributed by atoms with Gasteiger partial charge in [-0.25, -0.2) is 0 Å². The summed E-state index contributed by atoms with van der Waals surface area (Å²) in [5.41, 5.74) is 0.805. The van der Waals surface area contributed by atoms with Crippen molar-refractivity contribution in [1.82, 2.24) is 9.55 Å². The second kappa shape index (κ2) is 5.57. The molecule has 0 spiro atoms. The van der Waals surface area contributed by atoms with Gasteiger partial charge in [0.1, 0.15) is 4.70 Å². The van der Waals surface area contributed by atoms with Gasteiger partial charge in [0.15, 0.2) is 4.77 Å². The molecule has 0 bridgehead atoms. The summed E-state index contributed by atoms with van der Waals surface area (Å²) in [6.07, 6.45) is 2.53. The summed E-state index contributed by atoms with van der Waals surface area (Å²) in [6, 6.07) is 1.87.